The summed E-state index contributed by atoms with van der Waals surface area (Å²) in [5.74, 6) is 0.299. The van der Waals surface area contributed by atoms with Crippen LogP contribution < -0.4 is 15.4 Å². The molecule has 3 heterocycles. The van der Waals surface area contributed by atoms with Crippen LogP contribution in [0.2, 0.25) is 5.22 Å². The molecule has 0 aliphatic carbocycles. The Labute approximate surface area is 173 Å². The van der Waals surface area contributed by atoms with Crippen molar-refractivity contribution in [2.75, 3.05) is 38.6 Å². The number of anilines is 1. The van der Waals surface area contributed by atoms with Gasteiger partial charge >= 0.3 is 6.03 Å². The number of nitrogens with zero attached hydrogens (tertiary/aromatic N) is 3. The van der Waals surface area contributed by atoms with E-state index in [0.29, 0.717) is 41.6 Å². The molecule has 1 fully saturated rings. The third-order valence-electron chi connectivity index (χ3n) is 4.86. The van der Waals surface area contributed by atoms with Crippen molar-refractivity contribution in [1.29, 1.82) is 0 Å². The Morgan fingerprint density at radius 1 is 1.24 bits per heavy atom. The Balaban J connectivity index is 1.81. The van der Waals surface area contributed by atoms with E-state index < -0.39 is 0 Å². The van der Waals surface area contributed by atoms with Crippen LogP contribution in [-0.2, 0) is 0 Å². The Bertz CT molecular complexity index is 1080. The van der Waals surface area contributed by atoms with E-state index in [9.17, 15) is 4.79 Å². The standard InChI is InChI=1S/C20H22ClN5O3/c1-11-8-12(2)16(13(9-11)24-20(27)26-6-4-22-5-7-26)17-19(28-3)25-18-14(23-17)10-15(21)29-18/h8-10,22H,4-7H2,1-3H3,(H,24,27). The third-order valence-corrected chi connectivity index (χ3v) is 5.04. The van der Waals surface area contributed by atoms with Gasteiger partial charge in [-0.1, -0.05) is 6.07 Å². The van der Waals surface area contributed by atoms with Gasteiger partial charge in [-0.2, -0.15) is 4.98 Å². The number of amides is 2. The molecule has 29 heavy (non-hydrogen) atoms. The van der Waals surface area contributed by atoms with Gasteiger partial charge in [0.1, 0.15) is 11.2 Å². The number of carbonyl (C=O) groups is 1. The van der Waals surface area contributed by atoms with Crippen LogP contribution in [0, 0.1) is 13.8 Å². The van der Waals surface area contributed by atoms with Gasteiger partial charge in [0.2, 0.25) is 11.6 Å². The first-order valence-corrected chi connectivity index (χ1v) is 9.73. The molecule has 0 bridgehead atoms. The molecule has 1 aliphatic heterocycles. The molecule has 8 nitrogen and oxygen atoms in total. The van der Waals surface area contributed by atoms with Gasteiger partial charge in [-0.05, 0) is 42.6 Å². The molecule has 0 saturated carbocycles. The molecule has 2 N–H and O–H groups in total. The minimum atomic E-state index is -0.142. The van der Waals surface area contributed by atoms with Crippen molar-refractivity contribution in [1.82, 2.24) is 20.2 Å². The zero-order valence-electron chi connectivity index (χ0n) is 16.5. The highest BCUT2D eigenvalue weighted by molar-refractivity contribution is 6.29. The van der Waals surface area contributed by atoms with Gasteiger partial charge in [0.05, 0.1) is 12.8 Å². The van der Waals surface area contributed by atoms with Gasteiger partial charge in [0, 0.05) is 37.8 Å². The second-order valence-electron chi connectivity index (χ2n) is 6.99. The number of aryl methyl sites for hydroxylation is 2. The van der Waals surface area contributed by atoms with E-state index in [0.717, 1.165) is 29.8 Å². The summed E-state index contributed by atoms with van der Waals surface area (Å²) in [6, 6.07) is 5.42. The number of carbonyl (C=O) groups excluding carboxylic acids is 1. The number of rotatable bonds is 3. The Kier molecular flexibility index (Phi) is 5.29. The zero-order valence-corrected chi connectivity index (χ0v) is 17.3. The Morgan fingerprint density at radius 3 is 2.72 bits per heavy atom. The molecule has 0 atom stereocenters. The van der Waals surface area contributed by atoms with Crippen molar-refractivity contribution in [3.8, 4) is 17.1 Å². The highest BCUT2D eigenvalue weighted by Gasteiger charge is 2.23. The number of hydrogen-bond donors (Lipinski definition) is 2. The highest BCUT2D eigenvalue weighted by atomic mass is 35.5. The predicted octanol–water partition coefficient (Wildman–Crippen LogP) is 3.61. The van der Waals surface area contributed by atoms with Crippen molar-refractivity contribution < 1.29 is 13.9 Å². The lowest BCUT2D eigenvalue weighted by Crippen LogP contribution is -2.48. The van der Waals surface area contributed by atoms with E-state index in [1.165, 1.54) is 7.11 Å². The quantitative estimate of drug-likeness (QED) is 0.678. The number of urea groups is 1. The predicted molar refractivity (Wildman–Crippen MR) is 112 cm³/mol. The molecule has 2 amide bonds. The Hall–Kier alpha value is -2.84. The lowest BCUT2D eigenvalue weighted by atomic mass is 10.00. The van der Waals surface area contributed by atoms with Crippen LogP contribution >= 0.6 is 11.6 Å². The molecule has 1 saturated heterocycles. The van der Waals surface area contributed by atoms with Gasteiger partial charge in [-0.3, -0.25) is 0 Å². The first-order chi connectivity index (χ1) is 14.0. The second-order valence-corrected chi connectivity index (χ2v) is 7.37. The number of methoxy groups -OCH3 is 1. The number of halogens is 1. The molecule has 1 aliphatic rings. The van der Waals surface area contributed by atoms with E-state index in [1.807, 2.05) is 26.0 Å². The molecule has 152 valence electrons. The summed E-state index contributed by atoms with van der Waals surface area (Å²) in [5.41, 5.74) is 4.72. The largest absolute Gasteiger partial charge is 0.479 e. The molecule has 1 aromatic carbocycles. The molecule has 3 aromatic rings. The molecule has 9 heteroatoms. The summed E-state index contributed by atoms with van der Waals surface area (Å²) in [6.07, 6.45) is 0. The summed E-state index contributed by atoms with van der Waals surface area (Å²) in [5, 5.41) is 6.50. The molecule has 0 spiro atoms. The first kappa shape index (κ1) is 19.5. The van der Waals surface area contributed by atoms with Gasteiger partial charge in [0.25, 0.3) is 0 Å². The Morgan fingerprint density at radius 2 is 2.00 bits per heavy atom. The summed E-state index contributed by atoms with van der Waals surface area (Å²) in [7, 11) is 1.52. The van der Waals surface area contributed by atoms with E-state index in [2.05, 4.69) is 20.6 Å². The number of hydrogen-bond acceptors (Lipinski definition) is 6. The summed E-state index contributed by atoms with van der Waals surface area (Å²) in [6.45, 7) is 6.84. The first-order valence-electron chi connectivity index (χ1n) is 9.35. The lowest BCUT2D eigenvalue weighted by molar-refractivity contribution is 0.204. The van der Waals surface area contributed by atoms with E-state index in [-0.39, 0.29) is 11.3 Å². The summed E-state index contributed by atoms with van der Waals surface area (Å²) < 4.78 is 10.8. The normalized spacial score (nSPS) is 14.3. The molecule has 0 radical (unpaired) electrons. The van der Waals surface area contributed by atoms with Gasteiger partial charge in [-0.15, -0.1) is 0 Å². The number of furan rings is 1. The fourth-order valence-electron chi connectivity index (χ4n) is 3.56. The fourth-order valence-corrected chi connectivity index (χ4v) is 3.74. The van der Waals surface area contributed by atoms with Crippen molar-refractivity contribution in [2.45, 2.75) is 13.8 Å². The molecule has 4 rings (SSSR count). The van der Waals surface area contributed by atoms with Crippen LogP contribution in [0.4, 0.5) is 10.5 Å². The number of aromatic nitrogens is 2. The van der Waals surface area contributed by atoms with Crippen LogP contribution in [0.1, 0.15) is 11.1 Å². The summed E-state index contributed by atoms with van der Waals surface area (Å²) >= 11 is 5.96. The van der Waals surface area contributed by atoms with Crippen molar-refractivity contribution in [2.24, 2.45) is 0 Å². The maximum absolute atomic E-state index is 12.8. The average molecular weight is 416 g/mol. The number of benzene rings is 1. The highest BCUT2D eigenvalue weighted by Crippen LogP contribution is 2.38. The van der Waals surface area contributed by atoms with Gasteiger partial charge < -0.3 is 24.7 Å². The maximum atomic E-state index is 12.8. The van der Waals surface area contributed by atoms with E-state index >= 15 is 0 Å². The van der Waals surface area contributed by atoms with Gasteiger partial charge in [0.15, 0.2) is 5.22 Å². The smallest absolute Gasteiger partial charge is 0.321 e. The topological polar surface area (TPSA) is 92.5 Å². The molecule has 0 unspecified atom stereocenters. The lowest BCUT2D eigenvalue weighted by Gasteiger charge is -2.28. The van der Waals surface area contributed by atoms with Crippen LogP contribution in [-0.4, -0.2) is 54.2 Å². The average Bonchev–Trinajstić information content (AvgIpc) is 3.06. The second kappa shape index (κ2) is 7.88. The molecule has 2 aromatic heterocycles. The van der Waals surface area contributed by atoms with Crippen LogP contribution in [0.5, 0.6) is 5.88 Å². The van der Waals surface area contributed by atoms with Crippen LogP contribution in [0.3, 0.4) is 0 Å². The van der Waals surface area contributed by atoms with Crippen molar-refractivity contribution in [3.05, 3.63) is 34.5 Å². The van der Waals surface area contributed by atoms with Gasteiger partial charge in [-0.25, -0.2) is 9.78 Å². The maximum Gasteiger partial charge on any atom is 0.321 e. The number of fused-ring (bicyclic) bond motifs is 1. The zero-order chi connectivity index (χ0) is 20.5. The van der Waals surface area contributed by atoms with E-state index in [1.54, 1.807) is 11.0 Å². The van der Waals surface area contributed by atoms with Crippen molar-refractivity contribution in [3.63, 3.8) is 0 Å². The molecular formula is C20H22ClN5O3. The van der Waals surface area contributed by atoms with Crippen molar-refractivity contribution >= 4 is 34.5 Å². The number of ether oxygens (including phenoxy) is 1. The molecular weight excluding hydrogens is 394 g/mol. The van der Waals surface area contributed by atoms with E-state index in [4.69, 9.17) is 20.8 Å². The minimum Gasteiger partial charge on any atom is -0.479 e. The minimum absolute atomic E-state index is 0.142. The van der Waals surface area contributed by atoms with Crippen LogP contribution in [0.15, 0.2) is 22.6 Å². The SMILES string of the molecule is COc1nc2oc(Cl)cc2nc1-c1c(C)cc(C)cc1NC(=O)N1CCNCC1. The fraction of sp³-hybridized carbons (Fsp3) is 0.350. The number of nitrogens with one attached hydrogen (secondary N) is 2. The third kappa shape index (κ3) is 3.86. The number of piperazine rings is 1. The monoisotopic (exact) mass is 415 g/mol. The summed E-state index contributed by atoms with van der Waals surface area (Å²) in [4.78, 5) is 23.7. The van der Waals surface area contributed by atoms with Crippen LogP contribution in [0.25, 0.3) is 22.5 Å².